The van der Waals surface area contributed by atoms with Crippen LogP contribution >= 0.6 is 0 Å². The van der Waals surface area contributed by atoms with Crippen LogP contribution in [-0.4, -0.2) is 38.9 Å². The molecule has 0 amide bonds. The molecule has 1 aromatic heterocycles. The smallest absolute Gasteiger partial charge is 0.270 e. The third-order valence-electron chi connectivity index (χ3n) is 3.59. The average Bonchev–Trinajstić information content (AvgIpc) is 3.00. The molecule has 1 saturated heterocycles. The number of ether oxygens (including phenoxy) is 1. The molecule has 1 fully saturated rings. The number of nitro groups is 1. The molecule has 3 N–H and O–H groups in total. The zero-order valence-corrected chi connectivity index (χ0v) is 10.5. The fourth-order valence-corrected chi connectivity index (χ4v) is 2.52. The van der Waals surface area contributed by atoms with E-state index in [9.17, 15) is 15.2 Å². The molecule has 3 rings (SSSR count). The van der Waals surface area contributed by atoms with Crippen molar-refractivity contribution in [3.63, 3.8) is 0 Å². The van der Waals surface area contributed by atoms with Crippen molar-refractivity contribution >= 4 is 16.6 Å². The van der Waals surface area contributed by atoms with Crippen LogP contribution in [0.25, 0.3) is 10.9 Å². The van der Waals surface area contributed by atoms with Crippen LogP contribution in [0.2, 0.25) is 0 Å². The van der Waals surface area contributed by atoms with Gasteiger partial charge in [-0.1, -0.05) is 0 Å². The minimum absolute atomic E-state index is 0.0312. The predicted molar refractivity (Wildman–Crippen MR) is 70.3 cm³/mol. The first-order valence-corrected chi connectivity index (χ1v) is 6.30. The van der Waals surface area contributed by atoms with Gasteiger partial charge >= 0.3 is 0 Å². The van der Waals surface area contributed by atoms with Crippen LogP contribution in [0.3, 0.4) is 0 Å². The van der Waals surface area contributed by atoms with Gasteiger partial charge in [-0.2, -0.15) is 0 Å². The Morgan fingerprint density at radius 3 is 2.90 bits per heavy atom. The van der Waals surface area contributed by atoms with E-state index >= 15 is 0 Å². The molecule has 106 valence electrons. The van der Waals surface area contributed by atoms with Gasteiger partial charge in [-0.05, 0) is 12.1 Å². The van der Waals surface area contributed by atoms with E-state index in [4.69, 9.17) is 9.84 Å². The second-order valence-electron chi connectivity index (χ2n) is 4.90. The number of non-ortho nitro benzene ring substituents is 1. The first-order valence-electron chi connectivity index (χ1n) is 6.30. The molecule has 2 heterocycles. The second-order valence-corrected chi connectivity index (χ2v) is 4.90. The maximum absolute atomic E-state index is 10.7. The first kappa shape index (κ1) is 13.0. The molecule has 0 aliphatic carbocycles. The average molecular weight is 278 g/mol. The highest BCUT2D eigenvalue weighted by Gasteiger charge is 2.35. The van der Waals surface area contributed by atoms with Gasteiger partial charge in [-0.15, -0.1) is 0 Å². The van der Waals surface area contributed by atoms with E-state index in [-0.39, 0.29) is 18.4 Å². The molecule has 0 radical (unpaired) electrons. The lowest BCUT2D eigenvalue weighted by molar-refractivity contribution is -0.384. The van der Waals surface area contributed by atoms with Crippen molar-refractivity contribution in [2.45, 2.75) is 24.7 Å². The van der Waals surface area contributed by atoms with Crippen molar-refractivity contribution in [2.24, 2.45) is 0 Å². The van der Waals surface area contributed by atoms with E-state index in [0.29, 0.717) is 6.42 Å². The SMILES string of the molecule is O=[N+]([O-])c1ccc2[nH]c(C3C[C@H](O)[C@@H](CO)O3)cc2c1. The third kappa shape index (κ3) is 2.15. The highest BCUT2D eigenvalue weighted by molar-refractivity contribution is 5.82. The largest absolute Gasteiger partial charge is 0.394 e. The zero-order chi connectivity index (χ0) is 14.3. The number of fused-ring (bicyclic) bond motifs is 1. The van der Waals surface area contributed by atoms with E-state index < -0.39 is 17.1 Å². The number of aliphatic hydroxyl groups is 2. The van der Waals surface area contributed by atoms with Crippen LogP contribution in [0.15, 0.2) is 24.3 Å². The number of H-pyrrole nitrogens is 1. The molecule has 0 bridgehead atoms. The number of aliphatic hydroxyl groups excluding tert-OH is 2. The number of aromatic amines is 1. The number of benzene rings is 1. The Balaban J connectivity index is 1.92. The van der Waals surface area contributed by atoms with E-state index in [1.54, 1.807) is 12.1 Å². The van der Waals surface area contributed by atoms with Gasteiger partial charge in [-0.25, -0.2) is 0 Å². The monoisotopic (exact) mass is 278 g/mol. The lowest BCUT2D eigenvalue weighted by Crippen LogP contribution is -2.24. The van der Waals surface area contributed by atoms with Crippen molar-refractivity contribution in [3.05, 3.63) is 40.1 Å². The summed E-state index contributed by atoms with van der Waals surface area (Å²) in [7, 11) is 0. The van der Waals surface area contributed by atoms with Crippen LogP contribution in [0.1, 0.15) is 18.2 Å². The van der Waals surface area contributed by atoms with Gasteiger partial charge in [0, 0.05) is 35.2 Å². The molecule has 2 aromatic rings. The van der Waals surface area contributed by atoms with E-state index in [1.165, 1.54) is 12.1 Å². The molecule has 1 aliphatic rings. The minimum Gasteiger partial charge on any atom is -0.394 e. The van der Waals surface area contributed by atoms with Crippen molar-refractivity contribution in [2.75, 3.05) is 6.61 Å². The zero-order valence-electron chi connectivity index (χ0n) is 10.5. The number of nitrogens with one attached hydrogen (secondary N) is 1. The molecular formula is C13H14N2O5. The summed E-state index contributed by atoms with van der Waals surface area (Å²) < 4.78 is 5.55. The third-order valence-corrected chi connectivity index (χ3v) is 3.59. The molecule has 7 nitrogen and oxygen atoms in total. The number of hydrogen-bond donors (Lipinski definition) is 3. The Hall–Kier alpha value is -1.96. The number of nitrogens with zero attached hydrogens (tertiary/aromatic N) is 1. The van der Waals surface area contributed by atoms with Crippen LogP contribution < -0.4 is 0 Å². The van der Waals surface area contributed by atoms with Crippen molar-refractivity contribution in [1.29, 1.82) is 0 Å². The van der Waals surface area contributed by atoms with Gasteiger partial charge in [0.25, 0.3) is 5.69 Å². The number of aromatic nitrogens is 1. The molecule has 3 atom stereocenters. The highest BCUT2D eigenvalue weighted by Crippen LogP contribution is 2.34. The Morgan fingerprint density at radius 1 is 1.45 bits per heavy atom. The summed E-state index contributed by atoms with van der Waals surface area (Å²) in [5, 5.41) is 30.3. The molecule has 1 aliphatic heterocycles. The quantitative estimate of drug-likeness (QED) is 0.578. The molecule has 0 saturated carbocycles. The van der Waals surface area contributed by atoms with Crippen molar-refractivity contribution < 1.29 is 19.9 Å². The van der Waals surface area contributed by atoms with Gasteiger partial charge in [0.2, 0.25) is 0 Å². The predicted octanol–water partition coefficient (Wildman–Crippen LogP) is 1.26. The Bertz CT molecular complexity index is 653. The Morgan fingerprint density at radius 2 is 2.25 bits per heavy atom. The van der Waals surface area contributed by atoms with Crippen LogP contribution in [0, 0.1) is 10.1 Å². The fourth-order valence-electron chi connectivity index (χ4n) is 2.52. The topological polar surface area (TPSA) is 109 Å². The summed E-state index contributed by atoms with van der Waals surface area (Å²) in [5.74, 6) is 0. The summed E-state index contributed by atoms with van der Waals surface area (Å²) in [4.78, 5) is 13.4. The van der Waals surface area contributed by atoms with Crippen LogP contribution in [-0.2, 0) is 4.74 Å². The van der Waals surface area contributed by atoms with Gasteiger partial charge < -0.3 is 19.9 Å². The number of hydrogen-bond acceptors (Lipinski definition) is 5. The van der Waals surface area contributed by atoms with Crippen molar-refractivity contribution in [3.8, 4) is 0 Å². The molecule has 0 spiro atoms. The van der Waals surface area contributed by atoms with Gasteiger partial charge in [0.05, 0.1) is 17.6 Å². The summed E-state index contributed by atoms with van der Waals surface area (Å²) in [6.07, 6.45) is -1.24. The summed E-state index contributed by atoms with van der Waals surface area (Å²) in [5.41, 5.74) is 1.55. The van der Waals surface area contributed by atoms with E-state index in [0.717, 1.165) is 16.6 Å². The summed E-state index contributed by atoms with van der Waals surface area (Å²) >= 11 is 0. The Kier molecular flexibility index (Phi) is 3.17. The van der Waals surface area contributed by atoms with Gasteiger partial charge in [0.1, 0.15) is 12.2 Å². The highest BCUT2D eigenvalue weighted by atomic mass is 16.6. The normalized spacial score (nSPS) is 26.2. The lowest BCUT2D eigenvalue weighted by Gasteiger charge is -2.10. The number of rotatable bonds is 3. The molecule has 20 heavy (non-hydrogen) atoms. The fraction of sp³-hybridized carbons (Fsp3) is 0.385. The Labute approximate surface area is 113 Å². The summed E-state index contributed by atoms with van der Waals surface area (Å²) in [6, 6.07) is 6.35. The number of nitro benzene ring substituents is 1. The summed E-state index contributed by atoms with van der Waals surface area (Å²) in [6.45, 7) is -0.233. The minimum atomic E-state index is -0.703. The first-order chi connectivity index (χ1) is 9.58. The maximum Gasteiger partial charge on any atom is 0.270 e. The van der Waals surface area contributed by atoms with Crippen molar-refractivity contribution in [1.82, 2.24) is 4.98 Å². The van der Waals surface area contributed by atoms with E-state index in [2.05, 4.69) is 4.98 Å². The van der Waals surface area contributed by atoms with Gasteiger partial charge in [-0.3, -0.25) is 10.1 Å². The molecule has 1 aromatic carbocycles. The molecule has 1 unspecified atom stereocenters. The lowest BCUT2D eigenvalue weighted by atomic mass is 10.1. The second kappa shape index (κ2) is 4.86. The molecular weight excluding hydrogens is 264 g/mol. The van der Waals surface area contributed by atoms with E-state index in [1.807, 2.05) is 0 Å². The maximum atomic E-state index is 10.7. The van der Waals surface area contributed by atoms with Crippen LogP contribution in [0.5, 0.6) is 0 Å². The van der Waals surface area contributed by atoms with Gasteiger partial charge in [0.15, 0.2) is 0 Å². The van der Waals surface area contributed by atoms with Crippen LogP contribution in [0.4, 0.5) is 5.69 Å². The standard InChI is InChI=1S/C13H14N2O5/c16-6-13-11(17)5-12(20-13)10-4-7-3-8(15(18)19)1-2-9(7)14-10/h1-4,11-14,16-17H,5-6H2/t11-,12?,13+/m0/s1. The molecule has 7 heteroatoms.